The zero-order valence-corrected chi connectivity index (χ0v) is 19.8. The van der Waals surface area contributed by atoms with Gasteiger partial charge in [0.2, 0.25) is 11.8 Å². The van der Waals surface area contributed by atoms with Crippen LogP contribution >= 0.6 is 12.6 Å². The number of guanidine groups is 1. The van der Waals surface area contributed by atoms with Gasteiger partial charge >= 0.3 is 5.97 Å². The van der Waals surface area contributed by atoms with E-state index in [1.54, 1.807) is 0 Å². The van der Waals surface area contributed by atoms with Crippen molar-refractivity contribution >= 4 is 36.4 Å². The fraction of sp³-hybridized carbons (Fsp3) is 0.810. The zero-order valence-electron chi connectivity index (χ0n) is 18.9. The molecule has 180 valence electrons. The van der Waals surface area contributed by atoms with Gasteiger partial charge in [0.1, 0.15) is 6.04 Å². The second-order valence-electron chi connectivity index (χ2n) is 8.22. The first-order chi connectivity index (χ1) is 14.7. The van der Waals surface area contributed by atoms with Crippen LogP contribution in [0.15, 0.2) is 4.99 Å². The van der Waals surface area contributed by atoms with Gasteiger partial charge < -0.3 is 27.2 Å². The number of nitrogens with two attached hydrogens (primary N) is 2. The molecule has 0 aliphatic rings. The molecule has 9 nitrogen and oxygen atoms in total. The number of aliphatic carboxylic acids is 1. The predicted molar refractivity (Wildman–Crippen MR) is 127 cm³/mol. The Kier molecular flexibility index (Phi) is 16.6. The lowest BCUT2D eigenvalue weighted by molar-refractivity contribution is -0.142. The molecular formula is C21H41N5O4S. The number of nitrogens with zero attached hydrogens (tertiary/aromatic N) is 1. The molecule has 2 amide bonds. The predicted octanol–water partition coefficient (Wildman–Crippen LogP) is 1.66. The largest absolute Gasteiger partial charge is 0.480 e. The highest BCUT2D eigenvalue weighted by atomic mass is 32.1. The molecule has 31 heavy (non-hydrogen) atoms. The van der Waals surface area contributed by atoms with Crippen LogP contribution < -0.4 is 22.1 Å². The van der Waals surface area contributed by atoms with Crippen LogP contribution in [0, 0.1) is 11.8 Å². The first-order valence-electron chi connectivity index (χ1n) is 11.1. The molecule has 0 spiro atoms. The fourth-order valence-electron chi connectivity index (χ4n) is 3.16. The van der Waals surface area contributed by atoms with Gasteiger partial charge in [0, 0.05) is 31.2 Å². The lowest BCUT2D eigenvalue weighted by Crippen LogP contribution is -2.40. The van der Waals surface area contributed by atoms with E-state index in [9.17, 15) is 19.5 Å². The van der Waals surface area contributed by atoms with Gasteiger partial charge in [0.05, 0.1) is 0 Å². The summed E-state index contributed by atoms with van der Waals surface area (Å²) in [4.78, 5) is 39.2. The Labute approximate surface area is 191 Å². The number of carboxylic acid groups (broad SMARTS) is 1. The number of amides is 2. The summed E-state index contributed by atoms with van der Waals surface area (Å²) >= 11 is 4.27. The summed E-state index contributed by atoms with van der Waals surface area (Å²) in [5.41, 5.74) is 10.4. The standard InChI is InChI=1S/C21H41N5O4S/c1-15(2)13-16(14-31)19(28)24-11-7-5-3-4-6-10-18(27)26-17(20(29)30)9-8-12-25-21(22)23/h15-17,31H,3-14H2,1-2H3,(H,24,28)(H,26,27)(H,29,30)(H4,22,23,25)/t16?,17-/m0/s1. The van der Waals surface area contributed by atoms with Crippen molar-refractivity contribution in [2.24, 2.45) is 28.3 Å². The molecular weight excluding hydrogens is 418 g/mol. The topological polar surface area (TPSA) is 160 Å². The van der Waals surface area contributed by atoms with Crippen LogP contribution in [-0.2, 0) is 14.4 Å². The molecule has 0 aromatic heterocycles. The maximum absolute atomic E-state index is 12.1. The second kappa shape index (κ2) is 17.7. The van der Waals surface area contributed by atoms with Crippen molar-refractivity contribution in [3.05, 3.63) is 0 Å². The number of unbranched alkanes of at least 4 members (excludes halogenated alkanes) is 4. The van der Waals surface area contributed by atoms with Crippen molar-refractivity contribution in [1.29, 1.82) is 0 Å². The van der Waals surface area contributed by atoms with Gasteiger partial charge in [0.25, 0.3) is 0 Å². The van der Waals surface area contributed by atoms with Gasteiger partial charge in [-0.1, -0.05) is 33.1 Å². The van der Waals surface area contributed by atoms with Crippen LogP contribution in [0.25, 0.3) is 0 Å². The lowest BCUT2D eigenvalue weighted by atomic mass is 9.98. The fourth-order valence-corrected chi connectivity index (χ4v) is 3.47. The SMILES string of the molecule is CC(C)CC(CS)C(=O)NCCCCCCCC(=O)N[C@@H](CCCN=C(N)N)C(=O)O. The third-order valence-electron chi connectivity index (χ3n) is 4.81. The summed E-state index contributed by atoms with van der Waals surface area (Å²) < 4.78 is 0. The minimum Gasteiger partial charge on any atom is -0.480 e. The molecule has 7 N–H and O–H groups in total. The van der Waals surface area contributed by atoms with E-state index in [1.165, 1.54) is 0 Å². The number of hydrogen-bond donors (Lipinski definition) is 6. The highest BCUT2D eigenvalue weighted by molar-refractivity contribution is 7.80. The van der Waals surface area contributed by atoms with Crippen LogP contribution in [0.2, 0.25) is 0 Å². The lowest BCUT2D eigenvalue weighted by Gasteiger charge is -2.16. The number of carboxylic acids is 1. The Morgan fingerprint density at radius 1 is 1.03 bits per heavy atom. The molecule has 10 heteroatoms. The third-order valence-corrected chi connectivity index (χ3v) is 5.25. The van der Waals surface area contributed by atoms with E-state index >= 15 is 0 Å². The second-order valence-corrected chi connectivity index (χ2v) is 8.59. The Balaban J connectivity index is 3.87. The van der Waals surface area contributed by atoms with Crippen molar-refractivity contribution in [1.82, 2.24) is 10.6 Å². The molecule has 0 rings (SSSR count). The van der Waals surface area contributed by atoms with Crippen LogP contribution in [0.5, 0.6) is 0 Å². The Morgan fingerprint density at radius 2 is 1.68 bits per heavy atom. The minimum absolute atomic E-state index is 0.0359. The maximum atomic E-state index is 12.1. The number of aliphatic imine (C=N–C) groups is 1. The first kappa shape index (κ1) is 29.0. The summed E-state index contributed by atoms with van der Waals surface area (Å²) in [5.74, 6) is -0.292. The highest BCUT2D eigenvalue weighted by Crippen LogP contribution is 2.13. The molecule has 0 heterocycles. The van der Waals surface area contributed by atoms with Crippen molar-refractivity contribution in [3.8, 4) is 0 Å². The Hall–Kier alpha value is -1.97. The number of hydrogen-bond acceptors (Lipinski definition) is 5. The summed E-state index contributed by atoms with van der Waals surface area (Å²) in [6.45, 7) is 5.18. The van der Waals surface area contributed by atoms with Crippen LogP contribution in [0.3, 0.4) is 0 Å². The van der Waals surface area contributed by atoms with Gasteiger partial charge in [-0.3, -0.25) is 14.6 Å². The summed E-state index contributed by atoms with van der Waals surface area (Å²) in [6.07, 6.45) is 6.31. The Morgan fingerprint density at radius 3 is 2.26 bits per heavy atom. The van der Waals surface area contributed by atoms with Crippen molar-refractivity contribution in [3.63, 3.8) is 0 Å². The average molecular weight is 460 g/mol. The number of carbonyl (C=O) groups is 3. The first-order valence-corrected chi connectivity index (χ1v) is 11.8. The highest BCUT2D eigenvalue weighted by Gasteiger charge is 2.19. The van der Waals surface area contributed by atoms with Gasteiger partial charge in [-0.05, 0) is 38.0 Å². The molecule has 0 radical (unpaired) electrons. The molecule has 1 unspecified atom stereocenters. The summed E-state index contributed by atoms with van der Waals surface area (Å²) in [5, 5.41) is 14.8. The van der Waals surface area contributed by atoms with Crippen LogP contribution in [-0.4, -0.2) is 53.7 Å². The molecule has 0 aromatic carbocycles. The third kappa shape index (κ3) is 16.4. The number of carbonyl (C=O) groups excluding carboxylic acids is 2. The van der Waals surface area contributed by atoms with Crippen molar-refractivity contribution in [2.75, 3.05) is 18.8 Å². The average Bonchev–Trinajstić information content (AvgIpc) is 2.69. The van der Waals surface area contributed by atoms with E-state index in [-0.39, 0.29) is 30.1 Å². The van der Waals surface area contributed by atoms with Gasteiger partial charge in [-0.15, -0.1) is 0 Å². The van der Waals surface area contributed by atoms with E-state index in [0.29, 0.717) is 44.0 Å². The van der Waals surface area contributed by atoms with Gasteiger partial charge in [-0.2, -0.15) is 12.6 Å². The monoisotopic (exact) mass is 459 g/mol. The van der Waals surface area contributed by atoms with Crippen molar-refractivity contribution < 1.29 is 19.5 Å². The molecule has 0 saturated heterocycles. The molecule has 0 aliphatic heterocycles. The smallest absolute Gasteiger partial charge is 0.326 e. The number of rotatable bonds is 18. The van der Waals surface area contributed by atoms with Gasteiger partial charge in [0.15, 0.2) is 5.96 Å². The van der Waals surface area contributed by atoms with E-state index < -0.39 is 12.0 Å². The quantitative estimate of drug-likeness (QED) is 0.0791. The summed E-state index contributed by atoms with van der Waals surface area (Å²) in [6, 6.07) is -0.929. The van der Waals surface area contributed by atoms with E-state index in [2.05, 4.69) is 42.1 Å². The molecule has 2 atom stereocenters. The normalized spacial score (nSPS) is 12.8. The van der Waals surface area contributed by atoms with E-state index in [4.69, 9.17) is 11.5 Å². The zero-order chi connectivity index (χ0) is 23.6. The number of thiol groups is 1. The van der Waals surface area contributed by atoms with Crippen LogP contribution in [0.4, 0.5) is 0 Å². The molecule has 0 bridgehead atoms. The molecule has 0 aliphatic carbocycles. The molecule has 0 fully saturated rings. The minimum atomic E-state index is -1.06. The van der Waals surface area contributed by atoms with E-state index in [0.717, 1.165) is 32.1 Å². The maximum Gasteiger partial charge on any atom is 0.326 e. The Bertz CT molecular complexity index is 568. The molecule has 0 aromatic rings. The van der Waals surface area contributed by atoms with E-state index in [1.807, 2.05) is 0 Å². The van der Waals surface area contributed by atoms with Crippen LogP contribution in [0.1, 0.15) is 71.6 Å². The van der Waals surface area contributed by atoms with Gasteiger partial charge in [-0.25, -0.2) is 4.79 Å². The molecule has 0 saturated carbocycles. The van der Waals surface area contributed by atoms with Crippen molar-refractivity contribution in [2.45, 2.75) is 77.7 Å². The summed E-state index contributed by atoms with van der Waals surface area (Å²) in [7, 11) is 0. The number of nitrogens with one attached hydrogen (secondary N) is 2.